The maximum absolute atomic E-state index is 12.6. The Kier molecular flexibility index (Phi) is 5.36. The molecular weight excluding hydrogens is 366 g/mol. The Morgan fingerprint density at radius 1 is 1.22 bits per heavy atom. The predicted octanol–water partition coefficient (Wildman–Crippen LogP) is 3.12. The number of nitrogens with zero attached hydrogens (tertiary/aromatic N) is 6. The normalized spacial score (nSPS) is 12.4. The Hall–Kier alpha value is -2.61. The molecule has 0 spiro atoms. The lowest BCUT2D eigenvalue weighted by Crippen LogP contribution is -2.25. The van der Waals surface area contributed by atoms with E-state index < -0.39 is 6.04 Å². The van der Waals surface area contributed by atoms with Gasteiger partial charge in [0.1, 0.15) is 6.04 Å². The molecule has 0 saturated carbocycles. The van der Waals surface area contributed by atoms with Gasteiger partial charge in [0.05, 0.1) is 41.0 Å². The Labute approximate surface area is 163 Å². The van der Waals surface area contributed by atoms with Crippen LogP contribution in [0.4, 0.5) is 5.69 Å². The summed E-state index contributed by atoms with van der Waals surface area (Å²) in [6.45, 7) is 11.0. The molecule has 0 aliphatic heterocycles. The maximum atomic E-state index is 12.6. The summed E-state index contributed by atoms with van der Waals surface area (Å²) < 4.78 is 5.37. The third-order valence-electron chi connectivity index (χ3n) is 4.72. The van der Waals surface area contributed by atoms with Crippen molar-refractivity contribution in [2.24, 2.45) is 0 Å². The van der Waals surface area contributed by atoms with Crippen LogP contribution < -0.4 is 5.32 Å². The summed E-state index contributed by atoms with van der Waals surface area (Å²) >= 11 is 6.18. The first kappa shape index (κ1) is 19.2. The van der Waals surface area contributed by atoms with Gasteiger partial charge in [-0.3, -0.25) is 18.8 Å². The lowest BCUT2D eigenvalue weighted by Gasteiger charge is -2.13. The molecule has 0 aliphatic carbocycles. The fourth-order valence-corrected chi connectivity index (χ4v) is 3.15. The molecule has 1 N–H and O–H groups in total. The lowest BCUT2D eigenvalue weighted by atomic mass is 10.2. The number of nitrogens with one attached hydrogen (secondary N) is 1. The number of amides is 1. The van der Waals surface area contributed by atoms with E-state index in [1.54, 1.807) is 22.5 Å². The second-order valence-corrected chi connectivity index (χ2v) is 6.97. The minimum Gasteiger partial charge on any atom is -0.322 e. The van der Waals surface area contributed by atoms with Gasteiger partial charge in [-0.15, -0.1) is 0 Å². The molecule has 9 heteroatoms. The fourth-order valence-electron chi connectivity index (χ4n) is 3.03. The van der Waals surface area contributed by atoms with Crippen LogP contribution >= 0.6 is 11.6 Å². The predicted molar refractivity (Wildman–Crippen MR) is 104 cm³/mol. The Morgan fingerprint density at radius 2 is 1.96 bits per heavy atom. The number of aromatic nitrogens is 6. The molecule has 0 aliphatic rings. The topological polar surface area (TPSA) is 82.6 Å². The van der Waals surface area contributed by atoms with Crippen LogP contribution in [0, 0.1) is 20.8 Å². The number of anilines is 1. The summed E-state index contributed by atoms with van der Waals surface area (Å²) in [6.07, 6.45) is 5.30. The standard InChI is InChI=1S/C18H24ClN7O/c1-6-25-12(3)15(7-21-25)9-24-10-16(8-20-24)22-18(27)14(5)26-13(4)17(19)11(2)23-26/h7-8,10,14H,6,9H2,1-5H3,(H,22,27). The van der Waals surface area contributed by atoms with Crippen LogP contribution in [0.3, 0.4) is 0 Å². The van der Waals surface area contributed by atoms with Crippen LogP contribution in [0.2, 0.25) is 5.02 Å². The van der Waals surface area contributed by atoms with Gasteiger partial charge in [0.2, 0.25) is 5.91 Å². The maximum Gasteiger partial charge on any atom is 0.249 e. The molecule has 0 aromatic carbocycles. The highest BCUT2D eigenvalue weighted by molar-refractivity contribution is 6.31. The average Bonchev–Trinajstić information content (AvgIpc) is 3.30. The molecule has 144 valence electrons. The third kappa shape index (κ3) is 3.75. The van der Waals surface area contributed by atoms with E-state index >= 15 is 0 Å². The molecule has 0 radical (unpaired) electrons. The van der Waals surface area contributed by atoms with Crippen LogP contribution in [-0.2, 0) is 17.9 Å². The van der Waals surface area contributed by atoms with Crippen molar-refractivity contribution in [3.05, 3.63) is 46.3 Å². The first-order chi connectivity index (χ1) is 12.8. The largest absolute Gasteiger partial charge is 0.322 e. The number of hydrogen-bond donors (Lipinski definition) is 1. The zero-order chi connectivity index (χ0) is 19.7. The number of carbonyl (C=O) groups excluding carboxylic acids is 1. The van der Waals surface area contributed by atoms with Crippen molar-refractivity contribution in [3.8, 4) is 0 Å². The smallest absolute Gasteiger partial charge is 0.249 e. The molecule has 0 saturated heterocycles. The first-order valence-corrected chi connectivity index (χ1v) is 9.25. The molecule has 3 rings (SSSR count). The van der Waals surface area contributed by atoms with Crippen LogP contribution in [0.15, 0.2) is 18.6 Å². The van der Waals surface area contributed by atoms with Crippen molar-refractivity contribution in [1.82, 2.24) is 29.3 Å². The highest BCUT2D eigenvalue weighted by atomic mass is 35.5. The zero-order valence-electron chi connectivity index (χ0n) is 16.2. The number of halogens is 1. The van der Waals surface area contributed by atoms with E-state index in [0.717, 1.165) is 23.5 Å². The SMILES string of the molecule is CCn1ncc(Cn2cc(NC(=O)C(C)n3nc(C)c(Cl)c3C)cn2)c1C. The average molecular weight is 390 g/mol. The van der Waals surface area contributed by atoms with Crippen molar-refractivity contribution in [2.75, 3.05) is 5.32 Å². The van der Waals surface area contributed by atoms with E-state index in [2.05, 4.69) is 27.5 Å². The molecule has 27 heavy (non-hydrogen) atoms. The second-order valence-electron chi connectivity index (χ2n) is 6.59. The van der Waals surface area contributed by atoms with Crippen molar-refractivity contribution < 1.29 is 4.79 Å². The van der Waals surface area contributed by atoms with Crippen molar-refractivity contribution in [1.29, 1.82) is 0 Å². The minimum absolute atomic E-state index is 0.174. The summed E-state index contributed by atoms with van der Waals surface area (Å²) in [6, 6.07) is -0.482. The van der Waals surface area contributed by atoms with E-state index in [9.17, 15) is 4.79 Å². The highest BCUT2D eigenvalue weighted by Gasteiger charge is 2.21. The van der Waals surface area contributed by atoms with E-state index in [1.165, 1.54) is 0 Å². The molecule has 3 aromatic rings. The van der Waals surface area contributed by atoms with Crippen LogP contribution in [0.25, 0.3) is 0 Å². The number of hydrogen-bond acceptors (Lipinski definition) is 4. The minimum atomic E-state index is -0.482. The van der Waals surface area contributed by atoms with Crippen molar-refractivity contribution in [2.45, 2.75) is 53.8 Å². The van der Waals surface area contributed by atoms with Gasteiger partial charge in [-0.25, -0.2) is 0 Å². The third-order valence-corrected chi connectivity index (χ3v) is 5.27. The molecule has 0 fully saturated rings. The molecule has 1 unspecified atom stereocenters. The molecule has 1 atom stereocenters. The van der Waals surface area contributed by atoms with E-state index in [-0.39, 0.29) is 5.91 Å². The van der Waals surface area contributed by atoms with Gasteiger partial charge in [0.25, 0.3) is 0 Å². The molecule has 0 bridgehead atoms. The van der Waals surface area contributed by atoms with Gasteiger partial charge >= 0.3 is 0 Å². The van der Waals surface area contributed by atoms with Gasteiger partial charge in [-0.05, 0) is 34.6 Å². The Balaban J connectivity index is 1.68. The molecule has 3 heterocycles. The molecule has 1 amide bonds. The Bertz CT molecular complexity index is 969. The van der Waals surface area contributed by atoms with E-state index in [0.29, 0.717) is 22.9 Å². The van der Waals surface area contributed by atoms with Crippen molar-refractivity contribution >= 4 is 23.2 Å². The quantitative estimate of drug-likeness (QED) is 0.702. The molecule has 8 nitrogen and oxygen atoms in total. The lowest BCUT2D eigenvalue weighted by molar-refractivity contribution is -0.119. The van der Waals surface area contributed by atoms with Crippen LogP contribution in [0.1, 0.15) is 42.5 Å². The number of rotatable bonds is 6. The fraction of sp³-hybridized carbons (Fsp3) is 0.444. The van der Waals surface area contributed by atoms with Gasteiger partial charge in [0, 0.05) is 24.0 Å². The van der Waals surface area contributed by atoms with Gasteiger partial charge < -0.3 is 5.32 Å². The summed E-state index contributed by atoms with van der Waals surface area (Å²) in [4.78, 5) is 12.6. The molecule has 3 aromatic heterocycles. The van der Waals surface area contributed by atoms with Crippen molar-refractivity contribution in [3.63, 3.8) is 0 Å². The highest BCUT2D eigenvalue weighted by Crippen LogP contribution is 2.23. The number of aryl methyl sites for hydroxylation is 2. The second kappa shape index (κ2) is 7.56. The van der Waals surface area contributed by atoms with E-state index in [4.69, 9.17) is 11.6 Å². The summed E-state index contributed by atoms with van der Waals surface area (Å²) in [5, 5.41) is 16.5. The summed E-state index contributed by atoms with van der Waals surface area (Å²) in [7, 11) is 0. The monoisotopic (exact) mass is 389 g/mol. The number of carbonyl (C=O) groups is 1. The van der Waals surface area contributed by atoms with E-state index in [1.807, 2.05) is 37.8 Å². The Morgan fingerprint density at radius 3 is 2.56 bits per heavy atom. The van der Waals surface area contributed by atoms with Gasteiger partial charge in [0.15, 0.2) is 0 Å². The zero-order valence-corrected chi connectivity index (χ0v) is 16.9. The van der Waals surface area contributed by atoms with Gasteiger partial charge in [-0.1, -0.05) is 11.6 Å². The summed E-state index contributed by atoms with van der Waals surface area (Å²) in [5.74, 6) is -0.174. The van der Waals surface area contributed by atoms with Crippen LogP contribution in [-0.4, -0.2) is 35.2 Å². The first-order valence-electron chi connectivity index (χ1n) is 8.87. The molecular formula is C18H24ClN7O. The summed E-state index contributed by atoms with van der Waals surface area (Å²) in [5.41, 5.74) is 4.35. The van der Waals surface area contributed by atoms with Crippen LogP contribution in [0.5, 0.6) is 0 Å². The van der Waals surface area contributed by atoms with Gasteiger partial charge in [-0.2, -0.15) is 15.3 Å².